The van der Waals surface area contributed by atoms with Gasteiger partial charge in [-0.3, -0.25) is 4.79 Å². The summed E-state index contributed by atoms with van der Waals surface area (Å²) in [7, 11) is 0. The maximum Gasteiger partial charge on any atom is 0.309 e. The Morgan fingerprint density at radius 1 is 1.82 bits per heavy atom. The minimum Gasteiger partial charge on any atom is -0.481 e. The van der Waals surface area contributed by atoms with Crippen LogP contribution in [0.15, 0.2) is 6.20 Å². The van der Waals surface area contributed by atoms with Crippen molar-refractivity contribution in [1.29, 1.82) is 0 Å². The van der Waals surface area contributed by atoms with Crippen LogP contribution in [0.2, 0.25) is 0 Å². The number of aliphatic carboxylic acids is 1. The van der Waals surface area contributed by atoms with E-state index in [-0.39, 0.29) is 6.42 Å². The van der Waals surface area contributed by atoms with Gasteiger partial charge in [0.1, 0.15) is 0 Å². The lowest BCUT2D eigenvalue weighted by Crippen LogP contribution is -2.03. The largest absolute Gasteiger partial charge is 0.481 e. The standard InChI is InChI=1S/C6H9N3O2/c1-2-9-7-4-5(8-9)3-6(10)11/h4H,2-3H2,1H3,(H,10,11). The summed E-state index contributed by atoms with van der Waals surface area (Å²) in [5, 5.41) is 16.1. The van der Waals surface area contributed by atoms with Gasteiger partial charge in [-0.15, -0.1) is 0 Å². The minimum atomic E-state index is -0.881. The summed E-state index contributed by atoms with van der Waals surface area (Å²) in [6.07, 6.45) is 1.41. The number of aromatic nitrogens is 3. The Balaban J connectivity index is 2.65. The van der Waals surface area contributed by atoms with Gasteiger partial charge in [0.15, 0.2) is 0 Å². The second-order valence-electron chi connectivity index (χ2n) is 2.09. The number of aryl methyl sites for hydroxylation is 1. The first-order valence-corrected chi connectivity index (χ1v) is 3.33. The normalized spacial score (nSPS) is 9.91. The molecule has 60 valence electrons. The molecule has 1 heterocycles. The van der Waals surface area contributed by atoms with E-state index in [2.05, 4.69) is 10.2 Å². The highest BCUT2D eigenvalue weighted by Gasteiger charge is 2.03. The summed E-state index contributed by atoms with van der Waals surface area (Å²) in [6.45, 7) is 2.56. The van der Waals surface area contributed by atoms with Gasteiger partial charge >= 0.3 is 5.97 Å². The molecule has 11 heavy (non-hydrogen) atoms. The first-order chi connectivity index (χ1) is 5.22. The predicted octanol–water partition coefficient (Wildman–Crippen LogP) is -0.0749. The van der Waals surface area contributed by atoms with Crippen LogP contribution >= 0.6 is 0 Å². The quantitative estimate of drug-likeness (QED) is 0.663. The molecule has 0 amide bonds. The number of carboxylic acid groups (broad SMARTS) is 1. The highest BCUT2D eigenvalue weighted by molar-refractivity contribution is 5.69. The van der Waals surface area contributed by atoms with Crippen LogP contribution in [0.5, 0.6) is 0 Å². The lowest BCUT2D eigenvalue weighted by atomic mass is 10.3. The topological polar surface area (TPSA) is 68.0 Å². The fourth-order valence-corrected chi connectivity index (χ4v) is 0.721. The Hall–Kier alpha value is -1.39. The van der Waals surface area contributed by atoms with E-state index in [9.17, 15) is 4.79 Å². The van der Waals surface area contributed by atoms with E-state index in [1.807, 2.05) is 6.92 Å². The molecule has 0 aliphatic carbocycles. The van der Waals surface area contributed by atoms with Crippen LogP contribution in [-0.2, 0) is 17.8 Å². The Bertz CT molecular complexity index is 256. The number of hydrogen-bond acceptors (Lipinski definition) is 3. The monoisotopic (exact) mass is 155 g/mol. The molecule has 0 fully saturated rings. The smallest absolute Gasteiger partial charge is 0.309 e. The summed E-state index contributed by atoms with van der Waals surface area (Å²) in [5.41, 5.74) is 0.499. The van der Waals surface area contributed by atoms with Crippen molar-refractivity contribution in [2.24, 2.45) is 0 Å². The molecular weight excluding hydrogens is 146 g/mol. The van der Waals surface area contributed by atoms with E-state index in [0.29, 0.717) is 12.2 Å². The lowest BCUT2D eigenvalue weighted by molar-refractivity contribution is -0.136. The summed E-state index contributed by atoms with van der Waals surface area (Å²) >= 11 is 0. The van der Waals surface area contributed by atoms with E-state index in [0.717, 1.165) is 0 Å². The molecule has 5 heteroatoms. The lowest BCUT2D eigenvalue weighted by Gasteiger charge is -1.89. The number of carboxylic acids is 1. The molecule has 1 rings (SSSR count). The molecule has 1 N–H and O–H groups in total. The van der Waals surface area contributed by atoms with Crippen molar-refractivity contribution >= 4 is 5.97 Å². The Morgan fingerprint density at radius 3 is 3.00 bits per heavy atom. The Labute approximate surface area is 63.6 Å². The number of carbonyl (C=O) groups is 1. The second-order valence-corrected chi connectivity index (χ2v) is 2.09. The molecule has 0 saturated carbocycles. The van der Waals surface area contributed by atoms with Crippen molar-refractivity contribution < 1.29 is 9.90 Å². The molecule has 0 aliphatic heterocycles. The fourth-order valence-electron chi connectivity index (χ4n) is 0.721. The van der Waals surface area contributed by atoms with Crippen molar-refractivity contribution in [1.82, 2.24) is 15.0 Å². The van der Waals surface area contributed by atoms with Crippen molar-refractivity contribution in [3.63, 3.8) is 0 Å². The van der Waals surface area contributed by atoms with Gasteiger partial charge in [0.25, 0.3) is 0 Å². The first-order valence-electron chi connectivity index (χ1n) is 3.33. The van der Waals surface area contributed by atoms with Crippen molar-refractivity contribution in [3.8, 4) is 0 Å². The molecule has 0 atom stereocenters. The Kier molecular flexibility index (Phi) is 2.20. The average molecular weight is 155 g/mol. The van der Waals surface area contributed by atoms with Gasteiger partial charge in [-0.2, -0.15) is 15.0 Å². The maximum atomic E-state index is 10.2. The zero-order valence-electron chi connectivity index (χ0n) is 6.19. The molecular formula is C6H9N3O2. The summed E-state index contributed by atoms with van der Waals surface area (Å²) < 4.78 is 0. The molecule has 1 aromatic heterocycles. The third-order valence-electron chi connectivity index (χ3n) is 1.20. The second kappa shape index (κ2) is 3.14. The predicted molar refractivity (Wildman–Crippen MR) is 37.0 cm³/mol. The van der Waals surface area contributed by atoms with Crippen LogP contribution in [-0.4, -0.2) is 26.1 Å². The van der Waals surface area contributed by atoms with Crippen LogP contribution in [0.4, 0.5) is 0 Å². The Morgan fingerprint density at radius 2 is 2.55 bits per heavy atom. The van der Waals surface area contributed by atoms with Crippen molar-refractivity contribution in [3.05, 3.63) is 11.9 Å². The zero-order chi connectivity index (χ0) is 8.27. The number of hydrogen-bond donors (Lipinski definition) is 1. The molecule has 0 saturated heterocycles. The van der Waals surface area contributed by atoms with Crippen molar-refractivity contribution in [2.75, 3.05) is 0 Å². The molecule has 0 aromatic carbocycles. The number of nitrogens with zero attached hydrogens (tertiary/aromatic N) is 3. The van der Waals surface area contributed by atoms with Gasteiger partial charge in [-0.25, -0.2) is 0 Å². The van der Waals surface area contributed by atoms with Gasteiger partial charge < -0.3 is 5.11 Å². The molecule has 5 nitrogen and oxygen atoms in total. The van der Waals surface area contributed by atoms with E-state index in [1.165, 1.54) is 11.0 Å². The maximum absolute atomic E-state index is 10.2. The van der Waals surface area contributed by atoms with E-state index in [1.54, 1.807) is 0 Å². The number of rotatable bonds is 3. The van der Waals surface area contributed by atoms with E-state index >= 15 is 0 Å². The van der Waals surface area contributed by atoms with Gasteiger partial charge in [0.2, 0.25) is 0 Å². The van der Waals surface area contributed by atoms with E-state index < -0.39 is 5.97 Å². The van der Waals surface area contributed by atoms with Crippen LogP contribution in [0.25, 0.3) is 0 Å². The molecule has 0 aliphatic rings. The average Bonchev–Trinajstić information content (AvgIpc) is 2.34. The molecule has 0 unspecified atom stereocenters. The van der Waals surface area contributed by atoms with Gasteiger partial charge in [0, 0.05) is 0 Å². The third kappa shape index (κ3) is 2.03. The fraction of sp³-hybridized carbons (Fsp3) is 0.500. The SMILES string of the molecule is CCn1ncc(CC(=O)O)n1. The van der Waals surface area contributed by atoms with Crippen LogP contribution in [0, 0.1) is 0 Å². The van der Waals surface area contributed by atoms with E-state index in [4.69, 9.17) is 5.11 Å². The first kappa shape index (κ1) is 7.71. The van der Waals surface area contributed by atoms with Crippen molar-refractivity contribution in [2.45, 2.75) is 19.9 Å². The highest BCUT2D eigenvalue weighted by atomic mass is 16.4. The highest BCUT2D eigenvalue weighted by Crippen LogP contribution is 1.92. The van der Waals surface area contributed by atoms with Crippen LogP contribution in [0.3, 0.4) is 0 Å². The molecule has 0 bridgehead atoms. The molecule has 1 aromatic rings. The molecule has 0 spiro atoms. The molecule has 0 radical (unpaired) electrons. The minimum absolute atomic E-state index is 0.0556. The van der Waals surface area contributed by atoms with Gasteiger partial charge in [-0.05, 0) is 6.92 Å². The van der Waals surface area contributed by atoms with Crippen LogP contribution in [0.1, 0.15) is 12.6 Å². The summed E-state index contributed by atoms with van der Waals surface area (Å²) in [4.78, 5) is 11.6. The van der Waals surface area contributed by atoms with Gasteiger partial charge in [0.05, 0.1) is 24.9 Å². The zero-order valence-corrected chi connectivity index (χ0v) is 6.19. The summed E-state index contributed by atoms with van der Waals surface area (Å²) in [5.74, 6) is -0.881. The third-order valence-corrected chi connectivity index (χ3v) is 1.20. The van der Waals surface area contributed by atoms with Gasteiger partial charge in [-0.1, -0.05) is 0 Å². The van der Waals surface area contributed by atoms with Crippen LogP contribution < -0.4 is 0 Å². The summed E-state index contributed by atoms with van der Waals surface area (Å²) in [6, 6.07) is 0.